The lowest BCUT2D eigenvalue weighted by atomic mass is 10.1. The van der Waals surface area contributed by atoms with E-state index in [4.69, 9.17) is 9.72 Å². The monoisotopic (exact) mass is 442 g/mol. The minimum Gasteiger partial charge on any atom is -0.497 e. The van der Waals surface area contributed by atoms with Crippen molar-refractivity contribution in [3.05, 3.63) is 70.7 Å². The van der Waals surface area contributed by atoms with Crippen LogP contribution < -0.4 is 9.64 Å². The van der Waals surface area contributed by atoms with Crippen LogP contribution in [0.2, 0.25) is 0 Å². The van der Waals surface area contributed by atoms with Gasteiger partial charge in [-0.3, -0.25) is 0 Å². The molecule has 0 N–H and O–H groups in total. The molecule has 0 bridgehead atoms. The Morgan fingerprint density at radius 2 is 1.87 bits per heavy atom. The van der Waals surface area contributed by atoms with Crippen molar-refractivity contribution in [2.75, 3.05) is 25.1 Å². The zero-order valence-corrected chi connectivity index (χ0v) is 18.9. The van der Waals surface area contributed by atoms with Gasteiger partial charge in [-0.05, 0) is 49.6 Å². The Bertz CT molecular complexity index is 1100. The highest BCUT2D eigenvalue weighted by atomic mass is 32.2. The lowest BCUT2D eigenvalue weighted by Crippen LogP contribution is -2.39. The first-order chi connectivity index (χ1) is 14.5. The number of hydrogen-bond acceptors (Lipinski definition) is 6. The lowest BCUT2D eigenvalue weighted by Gasteiger charge is -2.31. The first kappa shape index (κ1) is 20.9. The average molecular weight is 443 g/mol. The molecule has 0 amide bonds. The second-order valence-electron chi connectivity index (χ2n) is 7.69. The van der Waals surface area contributed by atoms with Crippen LogP contribution in [-0.2, 0) is 16.3 Å². The van der Waals surface area contributed by atoms with Gasteiger partial charge in [-0.2, -0.15) is 0 Å². The van der Waals surface area contributed by atoms with Crippen LogP contribution in [0, 0.1) is 6.92 Å². The van der Waals surface area contributed by atoms with Crippen LogP contribution in [0.25, 0.3) is 0 Å². The van der Waals surface area contributed by atoms with Gasteiger partial charge in [0.25, 0.3) is 0 Å². The highest BCUT2D eigenvalue weighted by molar-refractivity contribution is 7.92. The molecule has 4 rings (SSSR count). The molecular weight excluding hydrogens is 416 g/mol. The fourth-order valence-electron chi connectivity index (χ4n) is 3.79. The molecule has 0 unspecified atom stereocenters. The quantitative estimate of drug-likeness (QED) is 0.563. The van der Waals surface area contributed by atoms with Crippen LogP contribution in [0.15, 0.2) is 58.8 Å². The molecule has 30 heavy (non-hydrogen) atoms. The van der Waals surface area contributed by atoms with E-state index in [2.05, 4.69) is 16.3 Å². The van der Waals surface area contributed by atoms with E-state index in [0.29, 0.717) is 30.8 Å². The van der Waals surface area contributed by atoms with Crippen LogP contribution in [-0.4, -0.2) is 38.9 Å². The molecule has 0 atom stereocenters. The summed E-state index contributed by atoms with van der Waals surface area (Å²) in [6.45, 7) is 3.38. The van der Waals surface area contributed by atoms with E-state index < -0.39 is 9.84 Å². The Kier molecular flexibility index (Phi) is 6.11. The van der Waals surface area contributed by atoms with Crippen molar-refractivity contribution in [1.82, 2.24) is 4.98 Å². The molecule has 2 heterocycles. The minimum atomic E-state index is -3.28. The predicted octanol–water partition coefficient (Wildman–Crippen LogP) is 4.49. The van der Waals surface area contributed by atoms with Crippen LogP contribution in [0.4, 0.5) is 5.13 Å². The average Bonchev–Trinajstić information content (AvgIpc) is 3.23. The Hall–Kier alpha value is -2.38. The summed E-state index contributed by atoms with van der Waals surface area (Å²) < 4.78 is 31.2. The van der Waals surface area contributed by atoms with E-state index in [-0.39, 0.29) is 5.25 Å². The van der Waals surface area contributed by atoms with Crippen LogP contribution in [0.5, 0.6) is 5.75 Å². The van der Waals surface area contributed by atoms with Crippen LogP contribution in [0.3, 0.4) is 0 Å². The van der Waals surface area contributed by atoms with Gasteiger partial charge in [0.05, 0.1) is 22.9 Å². The van der Waals surface area contributed by atoms with Crippen molar-refractivity contribution < 1.29 is 13.2 Å². The number of aromatic nitrogens is 1. The summed E-state index contributed by atoms with van der Waals surface area (Å²) in [6, 6.07) is 15.2. The van der Waals surface area contributed by atoms with Gasteiger partial charge in [0.15, 0.2) is 15.0 Å². The van der Waals surface area contributed by atoms with Gasteiger partial charge < -0.3 is 9.64 Å². The number of aryl methyl sites for hydroxylation is 1. The summed E-state index contributed by atoms with van der Waals surface area (Å²) in [5, 5.41) is 2.73. The van der Waals surface area contributed by atoms with Crippen LogP contribution >= 0.6 is 11.3 Å². The first-order valence-corrected chi connectivity index (χ1v) is 12.5. The third kappa shape index (κ3) is 4.52. The van der Waals surface area contributed by atoms with Crippen molar-refractivity contribution in [2.45, 2.75) is 36.3 Å². The molecule has 1 aromatic heterocycles. The van der Waals surface area contributed by atoms with E-state index in [9.17, 15) is 8.42 Å². The number of thiazole rings is 1. The number of piperidine rings is 1. The standard InChI is InChI=1S/C23H26N2O3S2/c1-17-6-8-21(9-7-17)30(26,27)22-10-12-25(13-11-22)23-24-19(16-29-23)14-18-4-3-5-20(15-18)28-2/h3-9,15-16,22H,10-14H2,1-2H3. The molecule has 5 nitrogen and oxygen atoms in total. The maximum absolute atomic E-state index is 13.0. The van der Waals surface area contributed by atoms with Gasteiger partial charge in [-0.1, -0.05) is 29.8 Å². The maximum atomic E-state index is 13.0. The second kappa shape index (κ2) is 8.78. The van der Waals surface area contributed by atoms with Gasteiger partial charge in [0, 0.05) is 24.9 Å². The van der Waals surface area contributed by atoms with Gasteiger partial charge in [0.1, 0.15) is 5.75 Å². The highest BCUT2D eigenvalue weighted by Crippen LogP contribution is 2.30. The number of methoxy groups -OCH3 is 1. The molecule has 2 aromatic carbocycles. The molecule has 158 valence electrons. The van der Waals surface area contributed by atoms with E-state index in [1.54, 1.807) is 30.6 Å². The molecule has 0 spiro atoms. The molecule has 1 aliphatic rings. The molecule has 0 saturated carbocycles. The van der Waals surface area contributed by atoms with Gasteiger partial charge >= 0.3 is 0 Å². The van der Waals surface area contributed by atoms with Crippen LogP contribution in [0.1, 0.15) is 29.7 Å². The molecule has 3 aromatic rings. The summed E-state index contributed by atoms with van der Waals surface area (Å²) in [6.07, 6.45) is 2.01. The maximum Gasteiger partial charge on any atom is 0.185 e. The van der Waals surface area contributed by atoms with Crippen molar-refractivity contribution in [2.24, 2.45) is 0 Å². The Morgan fingerprint density at radius 1 is 1.13 bits per heavy atom. The van der Waals surface area contributed by atoms with E-state index in [1.807, 2.05) is 37.3 Å². The van der Waals surface area contributed by atoms with E-state index >= 15 is 0 Å². The number of rotatable bonds is 6. The predicted molar refractivity (Wildman–Crippen MR) is 122 cm³/mol. The van der Waals surface area contributed by atoms with Crippen molar-refractivity contribution in [1.29, 1.82) is 0 Å². The summed E-state index contributed by atoms with van der Waals surface area (Å²) in [7, 11) is -1.61. The van der Waals surface area contributed by atoms with Gasteiger partial charge in [-0.15, -0.1) is 11.3 Å². The summed E-state index contributed by atoms with van der Waals surface area (Å²) in [4.78, 5) is 7.44. The molecule has 1 saturated heterocycles. The zero-order chi connectivity index (χ0) is 21.1. The van der Waals surface area contributed by atoms with Gasteiger partial charge in [0.2, 0.25) is 0 Å². The molecular formula is C23H26N2O3S2. The molecule has 1 fully saturated rings. The summed E-state index contributed by atoms with van der Waals surface area (Å²) in [5.41, 5.74) is 3.25. The molecule has 0 aliphatic carbocycles. The normalized spacial score (nSPS) is 15.3. The number of sulfone groups is 1. The van der Waals surface area contributed by atoms with Gasteiger partial charge in [-0.25, -0.2) is 13.4 Å². The van der Waals surface area contributed by atoms with Crippen molar-refractivity contribution >= 4 is 26.3 Å². The Balaban J connectivity index is 1.39. The van der Waals surface area contributed by atoms with Crippen molar-refractivity contribution in [3.8, 4) is 5.75 Å². The Labute approximate surface area is 182 Å². The highest BCUT2D eigenvalue weighted by Gasteiger charge is 2.32. The number of ether oxygens (including phenoxy) is 1. The summed E-state index contributed by atoms with van der Waals surface area (Å²) in [5.74, 6) is 0.847. The minimum absolute atomic E-state index is 0.326. The largest absolute Gasteiger partial charge is 0.497 e. The first-order valence-electron chi connectivity index (χ1n) is 10.1. The molecule has 0 radical (unpaired) electrons. The number of nitrogens with zero attached hydrogens (tertiary/aromatic N) is 2. The fourth-order valence-corrected chi connectivity index (χ4v) is 6.40. The van der Waals surface area contributed by atoms with E-state index in [0.717, 1.165) is 34.1 Å². The summed E-state index contributed by atoms with van der Waals surface area (Å²) >= 11 is 1.63. The molecule has 7 heteroatoms. The smallest absolute Gasteiger partial charge is 0.185 e. The zero-order valence-electron chi connectivity index (χ0n) is 17.2. The lowest BCUT2D eigenvalue weighted by molar-refractivity contribution is 0.414. The third-order valence-electron chi connectivity index (χ3n) is 5.56. The third-order valence-corrected chi connectivity index (χ3v) is 8.79. The second-order valence-corrected chi connectivity index (χ2v) is 10.8. The molecule has 1 aliphatic heterocycles. The fraction of sp³-hybridized carbons (Fsp3) is 0.348. The van der Waals surface area contributed by atoms with E-state index in [1.165, 1.54) is 0 Å². The number of anilines is 1. The number of hydrogen-bond donors (Lipinski definition) is 0. The number of benzene rings is 2. The Morgan fingerprint density at radius 3 is 2.57 bits per heavy atom. The van der Waals surface area contributed by atoms with Crippen molar-refractivity contribution in [3.63, 3.8) is 0 Å². The topological polar surface area (TPSA) is 59.5 Å². The SMILES string of the molecule is COc1cccc(Cc2csc(N3CCC(S(=O)(=O)c4ccc(C)cc4)CC3)n2)c1.